The topological polar surface area (TPSA) is 90.5 Å². The first kappa shape index (κ1) is 15.4. The summed E-state index contributed by atoms with van der Waals surface area (Å²) in [5.74, 6) is -0.454. The van der Waals surface area contributed by atoms with Crippen LogP contribution < -0.4 is 16.0 Å². The quantitative estimate of drug-likeness (QED) is 0.638. The standard InChI is InChI=1S/C12H22N4O3/c1-9(11(18)15-12(19)13-2)14-8-10(17)16-6-4-3-5-7-16/h9,14H,3-8H2,1-2H3,(H2,13,15,18,19). The number of nitrogens with zero attached hydrogens (tertiary/aromatic N) is 1. The van der Waals surface area contributed by atoms with Crippen LogP contribution in [-0.2, 0) is 9.59 Å². The molecular formula is C12H22N4O3. The normalized spacial score (nSPS) is 16.6. The molecule has 0 aromatic rings. The predicted octanol–water partition coefficient (Wildman–Crippen LogP) is -0.567. The summed E-state index contributed by atoms with van der Waals surface area (Å²) in [6.07, 6.45) is 3.25. The highest BCUT2D eigenvalue weighted by Gasteiger charge is 2.19. The van der Waals surface area contributed by atoms with Gasteiger partial charge in [0.2, 0.25) is 11.8 Å². The maximum absolute atomic E-state index is 11.9. The molecule has 0 aromatic heterocycles. The first-order chi connectivity index (χ1) is 9.04. The van der Waals surface area contributed by atoms with E-state index in [4.69, 9.17) is 0 Å². The molecule has 1 atom stereocenters. The van der Waals surface area contributed by atoms with E-state index < -0.39 is 18.0 Å². The van der Waals surface area contributed by atoms with Gasteiger partial charge in [-0.25, -0.2) is 4.79 Å². The molecule has 0 saturated carbocycles. The van der Waals surface area contributed by atoms with Gasteiger partial charge in [0.05, 0.1) is 12.6 Å². The number of imide groups is 1. The second-order valence-electron chi connectivity index (χ2n) is 4.61. The van der Waals surface area contributed by atoms with Crippen molar-refractivity contribution in [2.24, 2.45) is 0 Å². The molecule has 1 heterocycles. The lowest BCUT2D eigenvalue weighted by molar-refractivity contribution is -0.131. The molecule has 1 aliphatic heterocycles. The summed E-state index contributed by atoms with van der Waals surface area (Å²) in [5, 5.41) is 7.28. The van der Waals surface area contributed by atoms with Crippen molar-refractivity contribution in [3.63, 3.8) is 0 Å². The summed E-state index contributed by atoms with van der Waals surface area (Å²) >= 11 is 0. The fraction of sp³-hybridized carbons (Fsp3) is 0.750. The molecule has 7 heteroatoms. The van der Waals surface area contributed by atoms with Crippen LogP contribution in [0, 0.1) is 0 Å². The molecule has 1 aliphatic rings. The fourth-order valence-corrected chi connectivity index (χ4v) is 1.87. The van der Waals surface area contributed by atoms with E-state index in [2.05, 4.69) is 16.0 Å². The highest BCUT2D eigenvalue weighted by molar-refractivity contribution is 5.96. The second-order valence-corrected chi connectivity index (χ2v) is 4.61. The van der Waals surface area contributed by atoms with Crippen molar-refractivity contribution in [2.75, 3.05) is 26.7 Å². The van der Waals surface area contributed by atoms with Crippen LogP contribution >= 0.6 is 0 Å². The maximum atomic E-state index is 11.9. The third kappa shape index (κ3) is 5.25. The van der Waals surface area contributed by atoms with Crippen molar-refractivity contribution in [2.45, 2.75) is 32.2 Å². The third-order valence-corrected chi connectivity index (χ3v) is 3.13. The van der Waals surface area contributed by atoms with Crippen LogP contribution in [0.5, 0.6) is 0 Å². The Morgan fingerprint density at radius 2 is 1.79 bits per heavy atom. The number of nitrogens with one attached hydrogen (secondary N) is 3. The molecule has 0 radical (unpaired) electrons. The molecule has 0 spiro atoms. The molecule has 0 aliphatic carbocycles. The van der Waals surface area contributed by atoms with Gasteiger partial charge in [0, 0.05) is 20.1 Å². The van der Waals surface area contributed by atoms with Crippen LogP contribution in [-0.4, -0.2) is 55.5 Å². The Balaban J connectivity index is 2.28. The van der Waals surface area contributed by atoms with E-state index in [0.29, 0.717) is 0 Å². The van der Waals surface area contributed by atoms with Gasteiger partial charge in [0.15, 0.2) is 0 Å². The van der Waals surface area contributed by atoms with Crippen molar-refractivity contribution in [1.29, 1.82) is 0 Å². The van der Waals surface area contributed by atoms with Gasteiger partial charge in [-0.15, -0.1) is 0 Å². The van der Waals surface area contributed by atoms with E-state index in [0.717, 1.165) is 25.9 Å². The van der Waals surface area contributed by atoms with E-state index >= 15 is 0 Å². The number of carbonyl (C=O) groups excluding carboxylic acids is 3. The average molecular weight is 270 g/mol. The molecule has 1 fully saturated rings. The largest absolute Gasteiger partial charge is 0.342 e. The molecule has 3 N–H and O–H groups in total. The van der Waals surface area contributed by atoms with E-state index in [-0.39, 0.29) is 12.5 Å². The Morgan fingerprint density at radius 1 is 1.16 bits per heavy atom. The van der Waals surface area contributed by atoms with E-state index in [1.54, 1.807) is 11.8 Å². The van der Waals surface area contributed by atoms with E-state index in [1.165, 1.54) is 13.5 Å². The van der Waals surface area contributed by atoms with Gasteiger partial charge < -0.3 is 10.2 Å². The number of carbonyl (C=O) groups is 3. The Labute approximate surface area is 113 Å². The average Bonchev–Trinajstić information content (AvgIpc) is 2.44. The third-order valence-electron chi connectivity index (χ3n) is 3.13. The summed E-state index contributed by atoms with van der Waals surface area (Å²) in [5.41, 5.74) is 0. The molecule has 1 saturated heterocycles. The molecule has 0 aromatic carbocycles. The minimum Gasteiger partial charge on any atom is -0.342 e. The molecule has 1 unspecified atom stereocenters. The molecule has 108 valence electrons. The number of amides is 4. The number of piperidine rings is 1. The maximum Gasteiger partial charge on any atom is 0.321 e. The fourth-order valence-electron chi connectivity index (χ4n) is 1.87. The van der Waals surface area contributed by atoms with Crippen molar-refractivity contribution in [1.82, 2.24) is 20.9 Å². The summed E-state index contributed by atoms with van der Waals surface area (Å²) in [7, 11) is 1.43. The Bertz CT molecular complexity index is 340. The van der Waals surface area contributed by atoms with Gasteiger partial charge in [0.25, 0.3) is 0 Å². The molecular weight excluding hydrogens is 248 g/mol. The Kier molecular flexibility index (Phi) is 6.27. The number of likely N-dealkylation sites (tertiary alicyclic amines) is 1. The lowest BCUT2D eigenvalue weighted by Gasteiger charge is -2.27. The zero-order valence-electron chi connectivity index (χ0n) is 11.5. The van der Waals surface area contributed by atoms with Crippen LogP contribution in [0.15, 0.2) is 0 Å². The van der Waals surface area contributed by atoms with Crippen molar-refractivity contribution >= 4 is 17.8 Å². The zero-order valence-corrected chi connectivity index (χ0v) is 11.5. The number of rotatable bonds is 4. The van der Waals surface area contributed by atoms with Crippen LogP contribution in [0.25, 0.3) is 0 Å². The highest BCUT2D eigenvalue weighted by Crippen LogP contribution is 2.08. The first-order valence-electron chi connectivity index (χ1n) is 6.58. The van der Waals surface area contributed by atoms with Crippen LogP contribution in [0.2, 0.25) is 0 Å². The van der Waals surface area contributed by atoms with Gasteiger partial charge in [-0.2, -0.15) is 0 Å². The van der Waals surface area contributed by atoms with Gasteiger partial charge in [-0.3, -0.25) is 20.2 Å². The monoisotopic (exact) mass is 270 g/mol. The zero-order chi connectivity index (χ0) is 14.3. The predicted molar refractivity (Wildman–Crippen MR) is 70.5 cm³/mol. The van der Waals surface area contributed by atoms with Gasteiger partial charge in [0.1, 0.15) is 0 Å². The Hall–Kier alpha value is -1.63. The minimum atomic E-state index is -0.592. The Morgan fingerprint density at radius 3 is 2.37 bits per heavy atom. The van der Waals surface area contributed by atoms with Gasteiger partial charge in [-0.1, -0.05) is 0 Å². The highest BCUT2D eigenvalue weighted by atomic mass is 16.2. The number of hydrogen-bond donors (Lipinski definition) is 3. The molecule has 7 nitrogen and oxygen atoms in total. The van der Waals surface area contributed by atoms with Crippen molar-refractivity contribution in [3.8, 4) is 0 Å². The lowest BCUT2D eigenvalue weighted by atomic mass is 10.1. The first-order valence-corrected chi connectivity index (χ1v) is 6.58. The SMILES string of the molecule is CNC(=O)NC(=O)C(C)NCC(=O)N1CCCCC1. The molecule has 4 amide bonds. The van der Waals surface area contributed by atoms with Crippen LogP contribution in [0.1, 0.15) is 26.2 Å². The van der Waals surface area contributed by atoms with Crippen LogP contribution in [0.3, 0.4) is 0 Å². The number of hydrogen-bond acceptors (Lipinski definition) is 4. The summed E-state index contributed by atoms with van der Waals surface area (Å²) in [6, 6.07) is -1.15. The number of urea groups is 1. The second kappa shape index (κ2) is 7.73. The molecule has 0 bridgehead atoms. The van der Waals surface area contributed by atoms with Gasteiger partial charge in [-0.05, 0) is 26.2 Å². The van der Waals surface area contributed by atoms with Crippen molar-refractivity contribution in [3.05, 3.63) is 0 Å². The smallest absolute Gasteiger partial charge is 0.321 e. The van der Waals surface area contributed by atoms with Gasteiger partial charge >= 0.3 is 6.03 Å². The molecule has 1 rings (SSSR count). The summed E-state index contributed by atoms with van der Waals surface area (Å²) in [4.78, 5) is 36.2. The van der Waals surface area contributed by atoms with Crippen LogP contribution in [0.4, 0.5) is 4.79 Å². The minimum absolute atomic E-state index is 0.000655. The lowest BCUT2D eigenvalue weighted by Crippen LogP contribution is -2.50. The summed E-state index contributed by atoms with van der Waals surface area (Å²) < 4.78 is 0. The molecule has 19 heavy (non-hydrogen) atoms. The van der Waals surface area contributed by atoms with E-state index in [1.807, 2.05) is 0 Å². The summed E-state index contributed by atoms with van der Waals surface area (Å²) in [6.45, 7) is 3.31. The van der Waals surface area contributed by atoms with E-state index in [9.17, 15) is 14.4 Å². The van der Waals surface area contributed by atoms with Crippen molar-refractivity contribution < 1.29 is 14.4 Å².